The quantitative estimate of drug-likeness (QED) is 0.830. The van der Waals surface area contributed by atoms with Gasteiger partial charge in [0.15, 0.2) is 0 Å². The third-order valence-electron chi connectivity index (χ3n) is 2.20. The molecule has 0 bridgehead atoms. The molecule has 0 fully saturated rings. The number of hydrogen-bond donors (Lipinski definition) is 1. The Balaban J connectivity index is 2.24. The van der Waals surface area contributed by atoms with Crippen LogP contribution in [0.25, 0.3) is 0 Å². The molecule has 17 heavy (non-hydrogen) atoms. The molecule has 0 aliphatic carbocycles. The summed E-state index contributed by atoms with van der Waals surface area (Å²) in [5.41, 5.74) is 0.769. The van der Waals surface area contributed by atoms with E-state index in [1.807, 2.05) is 24.3 Å². The van der Waals surface area contributed by atoms with Gasteiger partial charge in [-0.15, -0.1) is 0 Å². The van der Waals surface area contributed by atoms with Crippen molar-refractivity contribution in [1.29, 1.82) is 0 Å². The zero-order chi connectivity index (χ0) is 12.3. The van der Waals surface area contributed by atoms with Crippen molar-refractivity contribution in [2.24, 2.45) is 0 Å². The average molecular weight is 361 g/mol. The third kappa shape index (κ3) is 3.34. The maximum atomic E-state index is 8.98. The van der Waals surface area contributed by atoms with Crippen molar-refractivity contribution in [3.8, 4) is 11.5 Å². The van der Waals surface area contributed by atoms with Crippen LogP contribution in [0.4, 0.5) is 0 Å². The van der Waals surface area contributed by atoms with Gasteiger partial charge in [0.05, 0.1) is 11.6 Å². The van der Waals surface area contributed by atoms with Crippen LogP contribution in [0.5, 0.6) is 11.5 Å². The van der Waals surface area contributed by atoms with E-state index >= 15 is 0 Å². The van der Waals surface area contributed by atoms with Gasteiger partial charge in [-0.2, -0.15) is 0 Å². The van der Waals surface area contributed by atoms with E-state index in [-0.39, 0.29) is 6.61 Å². The van der Waals surface area contributed by atoms with Crippen molar-refractivity contribution in [3.63, 3.8) is 0 Å². The molecule has 4 heteroatoms. The highest BCUT2D eigenvalue weighted by Gasteiger charge is 2.04. The summed E-state index contributed by atoms with van der Waals surface area (Å²) in [6.45, 7) is -0.0246. The number of rotatable bonds is 3. The molecule has 0 unspecified atom stereocenters. The largest absolute Gasteiger partial charge is 0.456 e. The van der Waals surface area contributed by atoms with Crippen LogP contribution in [-0.2, 0) is 6.61 Å². The molecule has 0 aliphatic rings. The molecule has 2 nitrogen and oxygen atoms in total. The molecule has 0 amide bonds. The first kappa shape index (κ1) is 12.7. The molecule has 0 aliphatic heterocycles. The van der Waals surface area contributed by atoms with Gasteiger partial charge in [-0.25, -0.2) is 0 Å². The Hall–Kier alpha value is -0.780. The van der Waals surface area contributed by atoms with E-state index in [0.29, 0.717) is 10.8 Å². The molecule has 2 aromatic carbocycles. The minimum Gasteiger partial charge on any atom is -0.456 e. The molecule has 0 saturated heterocycles. The molecule has 0 radical (unpaired) electrons. The summed E-state index contributed by atoms with van der Waals surface area (Å²) in [5.74, 6) is 1.33. The van der Waals surface area contributed by atoms with Crippen molar-refractivity contribution in [3.05, 3.63) is 56.6 Å². The summed E-state index contributed by atoms with van der Waals surface area (Å²) < 4.78 is 6.77. The van der Waals surface area contributed by atoms with Crippen LogP contribution in [-0.4, -0.2) is 5.11 Å². The predicted octanol–water partition coefficient (Wildman–Crippen LogP) is 4.23. The SMILES string of the molecule is OCc1ccc(Oc2cccc(I)c2)c(Cl)c1. The number of ether oxygens (including phenoxy) is 1. The van der Waals surface area contributed by atoms with Gasteiger partial charge in [0, 0.05) is 3.57 Å². The Morgan fingerprint density at radius 2 is 2.00 bits per heavy atom. The molecule has 88 valence electrons. The van der Waals surface area contributed by atoms with Gasteiger partial charge in [0.2, 0.25) is 0 Å². The smallest absolute Gasteiger partial charge is 0.146 e. The zero-order valence-corrected chi connectivity index (χ0v) is 11.8. The number of benzene rings is 2. The summed E-state index contributed by atoms with van der Waals surface area (Å²) in [4.78, 5) is 0. The van der Waals surface area contributed by atoms with E-state index in [0.717, 1.165) is 14.9 Å². The van der Waals surface area contributed by atoms with Gasteiger partial charge < -0.3 is 9.84 Å². The second kappa shape index (κ2) is 5.71. The van der Waals surface area contributed by atoms with E-state index in [1.165, 1.54) is 0 Å². The van der Waals surface area contributed by atoms with Crippen molar-refractivity contribution in [2.45, 2.75) is 6.61 Å². The van der Waals surface area contributed by atoms with Gasteiger partial charge in [0.1, 0.15) is 11.5 Å². The van der Waals surface area contributed by atoms with Crippen LogP contribution >= 0.6 is 34.2 Å². The normalized spacial score (nSPS) is 10.3. The molecular formula is C13H10ClIO2. The number of aliphatic hydroxyl groups excluding tert-OH is 1. The van der Waals surface area contributed by atoms with Crippen LogP contribution in [0.3, 0.4) is 0 Å². The van der Waals surface area contributed by atoms with Gasteiger partial charge in [0.25, 0.3) is 0 Å². The molecule has 0 spiro atoms. The van der Waals surface area contributed by atoms with E-state index < -0.39 is 0 Å². The molecular weight excluding hydrogens is 350 g/mol. The first-order valence-corrected chi connectivity index (χ1v) is 6.47. The summed E-state index contributed by atoms with van der Waals surface area (Å²) in [6.07, 6.45) is 0. The first-order valence-electron chi connectivity index (χ1n) is 5.02. The maximum Gasteiger partial charge on any atom is 0.146 e. The highest BCUT2D eigenvalue weighted by molar-refractivity contribution is 14.1. The molecule has 0 aromatic heterocycles. The van der Waals surface area contributed by atoms with Gasteiger partial charge in [-0.3, -0.25) is 0 Å². The van der Waals surface area contributed by atoms with Gasteiger partial charge in [-0.05, 0) is 58.5 Å². The lowest BCUT2D eigenvalue weighted by atomic mass is 10.2. The van der Waals surface area contributed by atoms with E-state index in [1.54, 1.807) is 18.2 Å². The van der Waals surface area contributed by atoms with Crippen LogP contribution in [0.2, 0.25) is 5.02 Å². The number of aliphatic hydroxyl groups is 1. The Kier molecular flexibility index (Phi) is 4.25. The van der Waals surface area contributed by atoms with Gasteiger partial charge >= 0.3 is 0 Å². The summed E-state index contributed by atoms with van der Waals surface area (Å²) in [7, 11) is 0. The van der Waals surface area contributed by atoms with Gasteiger partial charge in [-0.1, -0.05) is 23.7 Å². The second-order valence-corrected chi connectivity index (χ2v) is 5.14. The van der Waals surface area contributed by atoms with Crippen molar-refractivity contribution < 1.29 is 9.84 Å². The molecule has 0 atom stereocenters. The lowest BCUT2D eigenvalue weighted by Gasteiger charge is -2.08. The van der Waals surface area contributed by atoms with E-state index in [4.69, 9.17) is 21.4 Å². The maximum absolute atomic E-state index is 8.98. The fourth-order valence-electron chi connectivity index (χ4n) is 1.38. The molecule has 0 saturated carbocycles. The first-order chi connectivity index (χ1) is 8.19. The minimum absolute atomic E-state index is 0.0246. The lowest BCUT2D eigenvalue weighted by molar-refractivity contribution is 0.281. The van der Waals surface area contributed by atoms with Crippen LogP contribution in [0, 0.1) is 3.57 Å². The summed E-state index contributed by atoms with van der Waals surface area (Å²) in [5, 5.41) is 9.47. The zero-order valence-electron chi connectivity index (χ0n) is 8.86. The summed E-state index contributed by atoms with van der Waals surface area (Å²) in [6, 6.07) is 13.0. The fourth-order valence-corrected chi connectivity index (χ4v) is 2.14. The molecule has 2 rings (SSSR count). The van der Waals surface area contributed by atoms with Crippen LogP contribution in [0.1, 0.15) is 5.56 Å². The fraction of sp³-hybridized carbons (Fsp3) is 0.0769. The monoisotopic (exact) mass is 360 g/mol. The minimum atomic E-state index is -0.0246. The summed E-state index contributed by atoms with van der Waals surface area (Å²) >= 11 is 8.28. The second-order valence-electron chi connectivity index (χ2n) is 3.48. The van der Waals surface area contributed by atoms with Crippen LogP contribution in [0.15, 0.2) is 42.5 Å². The highest BCUT2D eigenvalue weighted by atomic mass is 127. The molecule has 1 N–H and O–H groups in total. The average Bonchev–Trinajstić information content (AvgIpc) is 2.32. The Bertz CT molecular complexity index is 529. The highest BCUT2D eigenvalue weighted by Crippen LogP contribution is 2.30. The molecule has 2 aromatic rings. The molecule has 0 heterocycles. The van der Waals surface area contributed by atoms with Crippen molar-refractivity contribution in [1.82, 2.24) is 0 Å². The van der Waals surface area contributed by atoms with E-state index in [2.05, 4.69) is 22.6 Å². The topological polar surface area (TPSA) is 29.5 Å². The number of hydrogen-bond acceptors (Lipinski definition) is 2. The Labute approximate surface area is 118 Å². The predicted molar refractivity (Wildman–Crippen MR) is 76.6 cm³/mol. The van der Waals surface area contributed by atoms with Crippen molar-refractivity contribution in [2.75, 3.05) is 0 Å². The van der Waals surface area contributed by atoms with Crippen LogP contribution < -0.4 is 4.74 Å². The standard InChI is InChI=1S/C13H10ClIO2/c14-12-6-9(8-16)4-5-13(12)17-11-3-1-2-10(15)7-11/h1-7,16H,8H2. The van der Waals surface area contributed by atoms with Crippen molar-refractivity contribution >= 4 is 34.2 Å². The lowest BCUT2D eigenvalue weighted by Crippen LogP contribution is -1.88. The number of halogens is 2. The van der Waals surface area contributed by atoms with E-state index in [9.17, 15) is 0 Å². The third-order valence-corrected chi connectivity index (χ3v) is 3.17. The Morgan fingerprint density at radius 1 is 1.18 bits per heavy atom. The Morgan fingerprint density at radius 3 is 2.65 bits per heavy atom.